The van der Waals surface area contributed by atoms with Gasteiger partial charge in [0.25, 0.3) is 0 Å². The van der Waals surface area contributed by atoms with E-state index in [-0.39, 0.29) is 5.91 Å². The maximum Gasteiger partial charge on any atom is 0.246 e. The fraction of sp³-hybridized carbons (Fsp3) is 0.471. The van der Waals surface area contributed by atoms with Gasteiger partial charge in [0.05, 0.1) is 6.61 Å². The zero-order valence-corrected chi connectivity index (χ0v) is 12.2. The number of amides is 1. The molecule has 1 aromatic rings. The van der Waals surface area contributed by atoms with Crippen molar-refractivity contribution in [2.45, 2.75) is 32.6 Å². The van der Waals surface area contributed by atoms with Crippen LogP contribution < -0.4 is 4.74 Å². The lowest BCUT2D eigenvalue weighted by atomic mass is 10.1. The van der Waals surface area contributed by atoms with Crippen LogP contribution in [-0.2, 0) is 4.79 Å². The van der Waals surface area contributed by atoms with E-state index in [2.05, 4.69) is 6.92 Å². The van der Waals surface area contributed by atoms with Crippen molar-refractivity contribution in [3.8, 4) is 5.75 Å². The smallest absolute Gasteiger partial charge is 0.246 e. The number of benzene rings is 1. The molecule has 108 valence electrons. The maximum absolute atomic E-state index is 12.1. The molecular formula is C17H23NO2. The molecular weight excluding hydrogens is 250 g/mol. The van der Waals surface area contributed by atoms with E-state index >= 15 is 0 Å². The Labute approximate surface area is 121 Å². The molecule has 0 saturated carbocycles. The van der Waals surface area contributed by atoms with E-state index in [0.717, 1.165) is 43.7 Å². The van der Waals surface area contributed by atoms with Crippen LogP contribution in [0, 0.1) is 0 Å². The summed E-state index contributed by atoms with van der Waals surface area (Å²) in [6, 6.07) is 7.84. The van der Waals surface area contributed by atoms with E-state index in [0.29, 0.717) is 6.61 Å². The van der Waals surface area contributed by atoms with Crippen LogP contribution in [-0.4, -0.2) is 30.5 Å². The summed E-state index contributed by atoms with van der Waals surface area (Å²) < 4.78 is 5.69. The Kier molecular flexibility index (Phi) is 5.66. The van der Waals surface area contributed by atoms with Crippen LogP contribution in [0.4, 0.5) is 0 Å². The van der Waals surface area contributed by atoms with Crippen LogP contribution in [0.15, 0.2) is 30.3 Å². The Balaban J connectivity index is 2.00. The number of hydrogen-bond acceptors (Lipinski definition) is 2. The molecule has 2 rings (SSSR count). The van der Waals surface area contributed by atoms with Crippen LogP contribution >= 0.6 is 0 Å². The van der Waals surface area contributed by atoms with E-state index in [1.165, 1.54) is 6.42 Å². The highest BCUT2D eigenvalue weighted by molar-refractivity contribution is 5.92. The quantitative estimate of drug-likeness (QED) is 0.768. The SMILES string of the molecule is CCCOc1ccccc1/C=C/C(=O)N1CCCCC1. The topological polar surface area (TPSA) is 29.5 Å². The Hall–Kier alpha value is -1.77. The average molecular weight is 273 g/mol. The van der Waals surface area contributed by atoms with Gasteiger partial charge in [-0.1, -0.05) is 25.1 Å². The third-order valence-electron chi connectivity index (χ3n) is 3.45. The van der Waals surface area contributed by atoms with Gasteiger partial charge in [-0.05, 0) is 37.8 Å². The van der Waals surface area contributed by atoms with Gasteiger partial charge in [-0.15, -0.1) is 0 Å². The van der Waals surface area contributed by atoms with Crippen molar-refractivity contribution in [1.82, 2.24) is 4.90 Å². The lowest BCUT2D eigenvalue weighted by Crippen LogP contribution is -2.34. The first-order valence-corrected chi connectivity index (χ1v) is 7.50. The standard InChI is InChI=1S/C17H23NO2/c1-2-14-20-16-9-5-4-8-15(16)10-11-17(19)18-12-6-3-7-13-18/h4-5,8-11H,2-3,6-7,12-14H2,1H3/b11-10+. The fourth-order valence-corrected chi connectivity index (χ4v) is 2.34. The largest absolute Gasteiger partial charge is 0.493 e. The molecule has 0 N–H and O–H groups in total. The summed E-state index contributed by atoms with van der Waals surface area (Å²) in [6.45, 7) is 4.55. The molecule has 1 saturated heterocycles. The second-order valence-corrected chi connectivity index (χ2v) is 5.11. The lowest BCUT2D eigenvalue weighted by Gasteiger charge is -2.25. The van der Waals surface area contributed by atoms with E-state index in [1.807, 2.05) is 35.2 Å². The first-order valence-electron chi connectivity index (χ1n) is 7.50. The number of rotatable bonds is 5. The zero-order valence-electron chi connectivity index (χ0n) is 12.2. The Morgan fingerprint density at radius 3 is 2.75 bits per heavy atom. The second-order valence-electron chi connectivity index (χ2n) is 5.11. The van der Waals surface area contributed by atoms with E-state index in [9.17, 15) is 4.79 Å². The number of para-hydroxylation sites is 1. The molecule has 1 heterocycles. The van der Waals surface area contributed by atoms with Gasteiger partial charge >= 0.3 is 0 Å². The van der Waals surface area contributed by atoms with Crippen molar-refractivity contribution in [3.63, 3.8) is 0 Å². The third kappa shape index (κ3) is 4.12. The molecule has 3 nitrogen and oxygen atoms in total. The molecule has 1 fully saturated rings. The molecule has 0 aliphatic carbocycles. The molecule has 20 heavy (non-hydrogen) atoms. The van der Waals surface area contributed by atoms with Crippen molar-refractivity contribution in [1.29, 1.82) is 0 Å². The molecule has 0 atom stereocenters. The molecule has 1 amide bonds. The summed E-state index contributed by atoms with van der Waals surface area (Å²) in [6.07, 6.45) is 7.99. The molecule has 1 aliphatic heterocycles. The molecule has 1 aliphatic rings. The highest BCUT2D eigenvalue weighted by Crippen LogP contribution is 2.20. The molecule has 0 bridgehead atoms. The minimum absolute atomic E-state index is 0.106. The molecule has 0 radical (unpaired) electrons. The van der Waals surface area contributed by atoms with Crippen molar-refractivity contribution >= 4 is 12.0 Å². The van der Waals surface area contributed by atoms with Crippen molar-refractivity contribution in [3.05, 3.63) is 35.9 Å². The van der Waals surface area contributed by atoms with E-state index in [1.54, 1.807) is 6.08 Å². The number of ether oxygens (including phenoxy) is 1. The summed E-state index contributed by atoms with van der Waals surface area (Å²) in [7, 11) is 0. The molecule has 0 unspecified atom stereocenters. The van der Waals surface area contributed by atoms with Crippen LogP contribution in [0.2, 0.25) is 0 Å². The number of nitrogens with zero attached hydrogens (tertiary/aromatic N) is 1. The van der Waals surface area contributed by atoms with E-state index < -0.39 is 0 Å². The van der Waals surface area contributed by atoms with Gasteiger partial charge in [0.15, 0.2) is 0 Å². The highest BCUT2D eigenvalue weighted by Gasteiger charge is 2.13. The summed E-state index contributed by atoms with van der Waals surface area (Å²) in [5.74, 6) is 0.951. The van der Waals surface area contributed by atoms with Crippen molar-refractivity contribution in [2.75, 3.05) is 19.7 Å². The number of piperidine rings is 1. The number of likely N-dealkylation sites (tertiary alicyclic amines) is 1. The van der Waals surface area contributed by atoms with Crippen LogP contribution in [0.5, 0.6) is 5.75 Å². The summed E-state index contributed by atoms with van der Waals surface area (Å²) in [5, 5.41) is 0. The highest BCUT2D eigenvalue weighted by atomic mass is 16.5. The minimum atomic E-state index is 0.106. The van der Waals surface area contributed by atoms with Gasteiger partial charge in [-0.3, -0.25) is 4.79 Å². The van der Waals surface area contributed by atoms with Gasteiger partial charge in [0.1, 0.15) is 5.75 Å². The molecule has 0 spiro atoms. The number of hydrogen-bond donors (Lipinski definition) is 0. The zero-order chi connectivity index (χ0) is 14.2. The lowest BCUT2D eigenvalue weighted by molar-refractivity contribution is -0.126. The Morgan fingerprint density at radius 2 is 2.00 bits per heavy atom. The second kappa shape index (κ2) is 7.73. The summed E-state index contributed by atoms with van der Waals surface area (Å²) >= 11 is 0. The van der Waals surface area contributed by atoms with Crippen LogP contribution in [0.25, 0.3) is 6.08 Å². The molecule has 3 heteroatoms. The monoisotopic (exact) mass is 273 g/mol. The van der Waals surface area contributed by atoms with Gasteiger partial charge in [-0.25, -0.2) is 0 Å². The van der Waals surface area contributed by atoms with Gasteiger partial charge in [0.2, 0.25) is 5.91 Å². The first-order chi connectivity index (χ1) is 9.81. The summed E-state index contributed by atoms with van der Waals surface area (Å²) in [4.78, 5) is 14.0. The third-order valence-corrected chi connectivity index (χ3v) is 3.45. The normalized spacial score (nSPS) is 15.6. The van der Waals surface area contributed by atoms with E-state index in [4.69, 9.17) is 4.74 Å². The predicted octanol–water partition coefficient (Wildman–Crippen LogP) is 3.50. The van der Waals surface area contributed by atoms with Crippen molar-refractivity contribution in [2.24, 2.45) is 0 Å². The fourth-order valence-electron chi connectivity index (χ4n) is 2.34. The molecule has 0 aromatic heterocycles. The average Bonchev–Trinajstić information content (AvgIpc) is 2.52. The maximum atomic E-state index is 12.1. The summed E-state index contributed by atoms with van der Waals surface area (Å²) in [5.41, 5.74) is 0.964. The Morgan fingerprint density at radius 1 is 1.25 bits per heavy atom. The first kappa shape index (κ1) is 14.6. The molecule has 1 aromatic carbocycles. The van der Waals surface area contributed by atoms with Gasteiger partial charge in [0, 0.05) is 24.7 Å². The van der Waals surface area contributed by atoms with Gasteiger partial charge in [-0.2, -0.15) is 0 Å². The minimum Gasteiger partial charge on any atom is -0.493 e. The van der Waals surface area contributed by atoms with Gasteiger partial charge < -0.3 is 9.64 Å². The van der Waals surface area contributed by atoms with Crippen LogP contribution in [0.1, 0.15) is 38.2 Å². The predicted molar refractivity (Wildman–Crippen MR) is 81.7 cm³/mol. The van der Waals surface area contributed by atoms with Crippen molar-refractivity contribution < 1.29 is 9.53 Å². The van der Waals surface area contributed by atoms with Crippen LogP contribution in [0.3, 0.4) is 0 Å². The Bertz CT molecular complexity index is 462. The number of carbonyl (C=O) groups excluding carboxylic acids is 1. The number of carbonyl (C=O) groups is 1.